The molecule has 0 atom stereocenters. The quantitative estimate of drug-likeness (QED) is 0.612. The highest BCUT2D eigenvalue weighted by Gasteiger charge is 2.16. The Balaban J connectivity index is 0.00000154. The van der Waals surface area contributed by atoms with Gasteiger partial charge in [0.15, 0.2) is 6.61 Å². The van der Waals surface area contributed by atoms with Gasteiger partial charge in [-0.3, -0.25) is 4.79 Å². The minimum atomic E-state index is 0.0105. The molecule has 0 unspecified atom stereocenters. The van der Waals surface area contributed by atoms with Crippen molar-refractivity contribution in [1.29, 1.82) is 0 Å². The third-order valence-corrected chi connectivity index (χ3v) is 2.40. The van der Waals surface area contributed by atoms with Crippen LogP contribution in [-0.2, 0) is 9.53 Å². The Morgan fingerprint density at radius 2 is 1.84 bits per heavy atom. The van der Waals surface area contributed by atoms with Crippen LogP contribution in [0.4, 0.5) is 0 Å². The van der Waals surface area contributed by atoms with Crippen LogP contribution >= 0.6 is 0 Å². The third-order valence-electron chi connectivity index (χ3n) is 2.40. The average Bonchev–Trinajstić information content (AvgIpc) is 2.45. The summed E-state index contributed by atoms with van der Waals surface area (Å²) >= 11 is 0. The van der Waals surface area contributed by atoms with Crippen LogP contribution in [0.1, 0.15) is 20.8 Å². The molecular weight excluding hydrogens is 240 g/mol. The van der Waals surface area contributed by atoms with Crippen LogP contribution in [-0.4, -0.2) is 43.6 Å². The summed E-state index contributed by atoms with van der Waals surface area (Å²) in [5, 5.41) is 3.19. The third kappa shape index (κ3) is 8.21. The number of nitrogens with zero attached hydrogens (tertiary/aromatic N) is 1. The first-order valence-electron chi connectivity index (χ1n) is 6.73. The SMILES string of the molecule is C=C(C)/C=C\C(=C)OCC(=O)N1CCNCC1.CC. The molecule has 108 valence electrons. The van der Waals surface area contributed by atoms with Gasteiger partial charge >= 0.3 is 0 Å². The maximum Gasteiger partial charge on any atom is 0.260 e. The summed E-state index contributed by atoms with van der Waals surface area (Å²) in [7, 11) is 0. The van der Waals surface area contributed by atoms with Crippen LogP contribution in [0.2, 0.25) is 0 Å². The molecule has 1 rings (SSSR count). The standard InChI is InChI=1S/C13H20N2O2.C2H6/c1-11(2)4-5-12(3)17-10-13(16)15-8-6-14-7-9-15;1-2/h4-5,14H,1,3,6-10H2,2H3;1-2H3/b5-4-;. The molecule has 4 nitrogen and oxygen atoms in total. The second-order valence-electron chi connectivity index (χ2n) is 4.07. The predicted octanol–water partition coefficient (Wildman–Crippen LogP) is 2.11. The molecule has 0 aromatic carbocycles. The molecule has 0 bridgehead atoms. The number of hydrogen-bond donors (Lipinski definition) is 1. The average molecular weight is 266 g/mol. The van der Waals surface area contributed by atoms with Gasteiger partial charge in [0.2, 0.25) is 0 Å². The molecule has 19 heavy (non-hydrogen) atoms. The van der Waals surface area contributed by atoms with Crippen molar-refractivity contribution in [3.63, 3.8) is 0 Å². The van der Waals surface area contributed by atoms with Gasteiger partial charge in [-0.15, -0.1) is 0 Å². The van der Waals surface area contributed by atoms with E-state index in [1.54, 1.807) is 17.1 Å². The zero-order valence-electron chi connectivity index (χ0n) is 12.4. The maximum atomic E-state index is 11.7. The van der Waals surface area contributed by atoms with Crippen molar-refractivity contribution in [3.05, 3.63) is 36.6 Å². The van der Waals surface area contributed by atoms with Crippen LogP contribution in [0.5, 0.6) is 0 Å². The molecule has 0 radical (unpaired) electrons. The lowest BCUT2D eigenvalue weighted by molar-refractivity contribution is -0.135. The molecule has 1 saturated heterocycles. The van der Waals surface area contributed by atoms with Gasteiger partial charge in [0.05, 0.1) is 0 Å². The molecule has 0 saturated carbocycles. The Bertz CT molecular complexity index is 329. The lowest BCUT2D eigenvalue weighted by Crippen LogP contribution is -2.47. The summed E-state index contributed by atoms with van der Waals surface area (Å²) in [4.78, 5) is 13.5. The monoisotopic (exact) mass is 266 g/mol. The maximum absolute atomic E-state index is 11.7. The lowest BCUT2D eigenvalue weighted by atomic mass is 10.3. The summed E-state index contributed by atoms with van der Waals surface area (Å²) in [6.45, 7) is 16.6. The number of carbonyl (C=O) groups excluding carboxylic acids is 1. The highest BCUT2D eigenvalue weighted by Crippen LogP contribution is 2.01. The number of ether oxygens (including phenoxy) is 1. The van der Waals surface area contributed by atoms with Crippen molar-refractivity contribution < 1.29 is 9.53 Å². The van der Waals surface area contributed by atoms with E-state index >= 15 is 0 Å². The summed E-state index contributed by atoms with van der Waals surface area (Å²) in [5.74, 6) is 0.493. The van der Waals surface area contributed by atoms with Crippen LogP contribution in [0.3, 0.4) is 0 Å². The van der Waals surface area contributed by atoms with Gasteiger partial charge in [0.25, 0.3) is 5.91 Å². The van der Waals surface area contributed by atoms with E-state index in [0.717, 1.165) is 31.8 Å². The van der Waals surface area contributed by atoms with Gasteiger partial charge in [-0.1, -0.05) is 38.7 Å². The Hall–Kier alpha value is -1.55. The van der Waals surface area contributed by atoms with Crippen LogP contribution in [0, 0.1) is 0 Å². The fourth-order valence-corrected chi connectivity index (χ4v) is 1.44. The van der Waals surface area contributed by atoms with Gasteiger partial charge < -0.3 is 15.0 Å². The number of rotatable bonds is 5. The fourth-order valence-electron chi connectivity index (χ4n) is 1.44. The molecule has 1 aliphatic heterocycles. The van der Waals surface area contributed by atoms with E-state index in [-0.39, 0.29) is 12.5 Å². The van der Waals surface area contributed by atoms with Crippen LogP contribution < -0.4 is 5.32 Å². The van der Waals surface area contributed by atoms with Gasteiger partial charge in [0.1, 0.15) is 5.76 Å². The first-order valence-corrected chi connectivity index (χ1v) is 6.73. The molecule has 1 amide bonds. The van der Waals surface area contributed by atoms with Crippen molar-refractivity contribution in [2.45, 2.75) is 20.8 Å². The van der Waals surface area contributed by atoms with Gasteiger partial charge in [0, 0.05) is 26.2 Å². The summed E-state index contributed by atoms with van der Waals surface area (Å²) in [6.07, 6.45) is 3.52. The van der Waals surface area contributed by atoms with Crippen molar-refractivity contribution in [3.8, 4) is 0 Å². The number of amides is 1. The van der Waals surface area contributed by atoms with Gasteiger partial charge in [-0.05, 0) is 13.0 Å². The molecule has 1 heterocycles. The molecule has 0 aromatic rings. The number of piperazine rings is 1. The fraction of sp³-hybridized carbons (Fsp3) is 0.533. The second-order valence-corrected chi connectivity index (χ2v) is 4.07. The topological polar surface area (TPSA) is 41.6 Å². The van der Waals surface area contributed by atoms with E-state index in [2.05, 4.69) is 18.5 Å². The molecule has 0 aromatic heterocycles. The van der Waals surface area contributed by atoms with Crippen molar-refractivity contribution in [1.82, 2.24) is 10.2 Å². The molecular formula is C15H26N2O2. The molecule has 0 aliphatic carbocycles. The zero-order valence-corrected chi connectivity index (χ0v) is 12.4. The van der Waals surface area contributed by atoms with E-state index in [0.29, 0.717) is 5.76 Å². The van der Waals surface area contributed by atoms with E-state index in [9.17, 15) is 4.79 Å². The van der Waals surface area contributed by atoms with Crippen molar-refractivity contribution >= 4 is 5.91 Å². The number of carbonyl (C=O) groups is 1. The number of allylic oxidation sites excluding steroid dienone is 3. The molecule has 1 aliphatic rings. The number of nitrogens with one attached hydrogen (secondary N) is 1. The lowest BCUT2D eigenvalue weighted by Gasteiger charge is -2.27. The predicted molar refractivity (Wildman–Crippen MR) is 79.8 cm³/mol. The van der Waals surface area contributed by atoms with Crippen molar-refractivity contribution in [2.24, 2.45) is 0 Å². The van der Waals surface area contributed by atoms with Crippen LogP contribution in [0.25, 0.3) is 0 Å². The minimum absolute atomic E-state index is 0.0105. The highest BCUT2D eigenvalue weighted by atomic mass is 16.5. The Labute approximate surface area is 116 Å². The normalized spacial score (nSPS) is 14.6. The Kier molecular flexibility index (Phi) is 9.53. The summed E-state index contributed by atoms with van der Waals surface area (Å²) in [5.41, 5.74) is 0.920. The summed E-state index contributed by atoms with van der Waals surface area (Å²) in [6, 6.07) is 0. The van der Waals surface area contributed by atoms with Crippen LogP contribution in [0.15, 0.2) is 36.6 Å². The van der Waals surface area contributed by atoms with E-state index in [4.69, 9.17) is 4.74 Å². The smallest absolute Gasteiger partial charge is 0.260 e. The zero-order chi connectivity index (χ0) is 14.7. The Morgan fingerprint density at radius 3 is 2.37 bits per heavy atom. The van der Waals surface area contributed by atoms with Gasteiger partial charge in [-0.25, -0.2) is 0 Å². The highest BCUT2D eigenvalue weighted by molar-refractivity contribution is 5.77. The minimum Gasteiger partial charge on any atom is -0.484 e. The largest absolute Gasteiger partial charge is 0.484 e. The Morgan fingerprint density at radius 1 is 1.26 bits per heavy atom. The molecule has 1 fully saturated rings. The van der Waals surface area contributed by atoms with E-state index < -0.39 is 0 Å². The molecule has 4 heteroatoms. The summed E-state index contributed by atoms with van der Waals surface area (Å²) < 4.78 is 5.27. The molecule has 1 N–H and O–H groups in total. The van der Waals surface area contributed by atoms with Gasteiger partial charge in [-0.2, -0.15) is 0 Å². The van der Waals surface area contributed by atoms with E-state index in [1.807, 2.05) is 20.8 Å². The van der Waals surface area contributed by atoms with E-state index in [1.165, 1.54) is 0 Å². The molecule has 0 spiro atoms. The first-order chi connectivity index (χ1) is 9.09. The number of hydrogen-bond acceptors (Lipinski definition) is 3. The van der Waals surface area contributed by atoms with Crippen molar-refractivity contribution in [2.75, 3.05) is 32.8 Å². The first kappa shape index (κ1) is 17.4. The second kappa shape index (κ2) is 10.4.